The number of hydrogen-bond acceptors (Lipinski definition) is 3. The molecule has 4 heteroatoms. The van der Waals surface area contributed by atoms with Crippen LogP contribution in [0.2, 0.25) is 0 Å². The molecule has 2 N–H and O–H groups in total. The number of aromatic amines is 1. The standard InChI is InChI=1S/C25H24N2O2/c1-28-22-15-20(23(29-2)14-19(22)16-8-4-3-5-9-16)24-25-18(12-13-26-24)17-10-6-7-11-21(17)27-25/h3-11,14-15,24,26-27H,12-13H2,1-2H3. The number of methoxy groups -OCH3 is 2. The van der Waals surface area contributed by atoms with E-state index in [-0.39, 0.29) is 6.04 Å². The zero-order valence-corrected chi connectivity index (χ0v) is 16.7. The highest BCUT2D eigenvalue weighted by Gasteiger charge is 2.28. The van der Waals surface area contributed by atoms with Gasteiger partial charge in [0.1, 0.15) is 11.5 Å². The van der Waals surface area contributed by atoms with E-state index in [9.17, 15) is 0 Å². The molecule has 4 aromatic rings. The molecule has 0 aliphatic carbocycles. The Hall–Kier alpha value is -3.24. The number of para-hydroxylation sites is 1. The summed E-state index contributed by atoms with van der Waals surface area (Å²) in [7, 11) is 3.45. The Morgan fingerprint density at radius 3 is 2.41 bits per heavy atom. The monoisotopic (exact) mass is 384 g/mol. The van der Waals surface area contributed by atoms with E-state index >= 15 is 0 Å². The molecule has 0 saturated carbocycles. The van der Waals surface area contributed by atoms with E-state index in [1.807, 2.05) is 18.2 Å². The third kappa shape index (κ3) is 2.97. The lowest BCUT2D eigenvalue weighted by atomic mass is 9.92. The molecule has 0 bridgehead atoms. The van der Waals surface area contributed by atoms with E-state index in [1.165, 1.54) is 22.2 Å². The number of H-pyrrole nitrogens is 1. The SMILES string of the molecule is COc1cc(C2NCCc3c2[nH]c2ccccc32)c(OC)cc1-c1ccccc1. The summed E-state index contributed by atoms with van der Waals surface area (Å²) in [4.78, 5) is 3.64. The minimum atomic E-state index is 0.0276. The van der Waals surface area contributed by atoms with Crippen molar-refractivity contribution in [3.05, 3.63) is 83.6 Å². The molecule has 146 valence electrons. The van der Waals surface area contributed by atoms with Crippen LogP contribution in [0.4, 0.5) is 0 Å². The maximum absolute atomic E-state index is 5.84. The minimum Gasteiger partial charge on any atom is -0.496 e. The minimum absolute atomic E-state index is 0.0276. The summed E-state index contributed by atoms with van der Waals surface area (Å²) in [6, 6.07) is 23.0. The van der Waals surface area contributed by atoms with Gasteiger partial charge in [-0.15, -0.1) is 0 Å². The van der Waals surface area contributed by atoms with Crippen LogP contribution in [-0.2, 0) is 6.42 Å². The molecule has 1 atom stereocenters. The number of nitrogens with one attached hydrogen (secondary N) is 2. The Labute approximate surface area is 170 Å². The fourth-order valence-electron chi connectivity index (χ4n) is 4.44. The molecule has 1 unspecified atom stereocenters. The van der Waals surface area contributed by atoms with Crippen molar-refractivity contribution in [3.63, 3.8) is 0 Å². The van der Waals surface area contributed by atoms with Gasteiger partial charge in [0.15, 0.2) is 0 Å². The van der Waals surface area contributed by atoms with Crippen molar-refractivity contribution >= 4 is 10.9 Å². The molecule has 3 aromatic carbocycles. The van der Waals surface area contributed by atoms with Crippen molar-refractivity contribution < 1.29 is 9.47 Å². The first-order valence-corrected chi connectivity index (χ1v) is 9.94. The number of hydrogen-bond donors (Lipinski definition) is 2. The molecular formula is C25H24N2O2. The van der Waals surface area contributed by atoms with Crippen molar-refractivity contribution in [1.82, 2.24) is 10.3 Å². The molecule has 29 heavy (non-hydrogen) atoms. The van der Waals surface area contributed by atoms with Gasteiger partial charge in [0.25, 0.3) is 0 Å². The molecule has 1 aliphatic rings. The van der Waals surface area contributed by atoms with Crippen LogP contribution >= 0.6 is 0 Å². The van der Waals surface area contributed by atoms with Gasteiger partial charge in [0.05, 0.1) is 20.3 Å². The summed E-state index contributed by atoms with van der Waals surface area (Å²) in [5.74, 6) is 1.70. The van der Waals surface area contributed by atoms with E-state index in [2.05, 4.69) is 58.8 Å². The van der Waals surface area contributed by atoms with Crippen molar-refractivity contribution in [1.29, 1.82) is 0 Å². The Kier molecular flexibility index (Phi) is 4.49. The Balaban J connectivity index is 1.67. The normalized spacial score (nSPS) is 15.9. The van der Waals surface area contributed by atoms with Crippen LogP contribution in [0, 0.1) is 0 Å². The van der Waals surface area contributed by atoms with Gasteiger partial charge in [-0.2, -0.15) is 0 Å². The average Bonchev–Trinajstić information content (AvgIpc) is 3.17. The summed E-state index contributed by atoms with van der Waals surface area (Å²) >= 11 is 0. The second kappa shape index (κ2) is 7.30. The van der Waals surface area contributed by atoms with Crippen molar-refractivity contribution in [3.8, 4) is 22.6 Å². The van der Waals surface area contributed by atoms with Gasteiger partial charge in [-0.1, -0.05) is 48.5 Å². The van der Waals surface area contributed by atoms with Gasteiger partial charge in [0.2, 0.25) is 0 Å². The van der Waals surface area contributed by atoms with E-state index in [1.54, 1.807) is 14.2 Å². The van der Waals surface area contributed by atoms with Gasteiger partial charge in [-0.3, -0.25) is 0 Å². The summed E-state index contributed by atoms with van der Waals surface area (Å²) in [6.45, 7) is 0.922. The van der Waals surface area contributed by atoms with Gasteiger partial charge in [-0.05, 0) is 35.7 Å². The fraction of sp³-hybridized carbons (Fsp3) is 0.200. The molecule has 0 amide bonds. The molecule has 4 nitrogen and oxygen atoms in total. The maximum atomic E-state index is 5.84. The van der Waals surface area contributed by atoms with Crippen LogP contribution in [0.5, 0.6) is 11.5 Å². The highest BCUT2D eigenvalue weighted by atomic mass is 16.5. The van der Waals surface area contributed by atoms with Crippen LogP contribution in [0.25, 0.3) is 22.0 Å². The van der Waals surface area contributed by atoms with E-state index in [4.69, 9.17) is 9.47 Å². The number of ether oxygens (including phenoxy) is 2. The topological polar surface area (TPSA) is 46.3 Å². The molecule has 0 spiro atoms. The van der Waals surface area contributed by atoms with Crippen molar-refractivity contribution in [2.45, 2.75) is 12.5 Å². The Morgan fingerprint density at radius 2 is 1.62 bits per heavy atom. The van der Waals surface area contributed by atoms with Gasteiger partial charge < -0.3 is 19.8 Å². The lowest BCUT2D eigenvalue weighted by Gasteiger charge is -2.27. The van der Waals surface area contributed by atoms with Crippen molar-refractivity contribution in [2.24, 2.45) is 0 Å². The molecule has 2 heterocycles. The highest BCUT2D eigenvalue weighted by molar-refractivity contribution is 5.85. The Morgan fingerprint density at radius 1 is 0.862 bits per heavy atom. The lowest BCUT2D eigenvalue weighted by Crippen LogP contribution is -2.30. The average molecular weight is 384 g/mol. The fourth-order valence-corrected chi connectivity index (χ4v) is 4.44. The van der Waals surface area contributed by atoms with Crippen molar-refractivity contribution in [2.75, 3.05) is 20.8 Å². The number of benzene rings is 3. The van der Waals surface area contributed by atoms with Crippen LogP contribution in [0.15, 0.2) is 66.7 Å². The summed E-state index contributed by atoms with van der Waals surface area (Å²) in [5.41, 5.74) is 7.00. The summed E-state index contributed by atoms with van der Waals surface area (Å²) in [6.07, 6.45) is 1.01. The number of rotatable bonds is 4. The van der Waals surface area contributed by atoms with Gasteiger partial charge in [0, 0.05) is 34.3 Å². The largest absolute Gasteiger partial charge is 0.496 e. The third-order valence-corrected chi connectivity index (χ3v) is 5.81. The first-order chi connectivity index (χ1) is 14.3. The quantitative estimate of drug-likeness (QED) is 0.515. The number of fused-ring (bicyclic) bond motifs is 3. The zero-order chi connectivity index (χ0) is 19.8. The smallest absolute Gasteiger partial charge is 0.127 e. The first kappa shape index (κ1) is 17.8. The zero-order valence-electron chi connectivity index (χ0n) is 16.7. The molecule has 0 radical (unpaired) electrons. The van der Waals surface area contributed by atoms with E-state index < -0.39 is 0 Å². The molecule has 1 aromatic heterocycles. The van der Waals surface area contributed by atoms with Crippen LogP contribution in [-0.4, -0.2) is 25.7 Å². The maximum Gasteiger partial charge on any atom is 0.127 e. The van der Waals surface area contributed by atoms with E-state index in [0.29, 0.717) is 0 Å². The van der Waals surface area contributed by atoms with Gasteiger partial charge >= 0.3 is 0 Å². The molecule has 5 rings (SSSR count). The molecular weight excluding hydrogens is 360 g/mol. The summed E-state index contributed by atoms with van der Waals surface area (Å²) in [5, 5.41) is 4.98. The van der Waals surface area contributed by atoms with E-state index in [0.717, 1.165) is 41.2 Å². The second-order valence-corrected chi connectivity index (χ2v) is 7.36. The molecule has 1 aliphatic heterocycles. The second-order valence-electron chi connectivity index (χ2n) is 7.36. The predicted octanol–water partition coefficient (Wildman–Crippen LogP) is 5.09. The first-order valence-electron chi connectivity index (χ1n) is 9.94. The van der Waals surface area contributed by atoms with Crippen LogP contribution < -0.4 is 14.8 Å². The molecule has 0 fully saturated rings. The Bertz CT molecular complexity index is 1160. The van der Waals surface area contributed by atoms with Crippen LogP contribution in [0.1, 0.15) is 22.9 Å². The lowest BCUT2D eigenvalue weighted by molar-refractivity contribution is 0.393. The third-order valence-electron chi connectivity index (χ3n) is 5.81. The molecule has 0 saturated heterocycles. The number of aromatic nitrogens is 1. The summed E-state index contributed by atoms with van der Waals surface area (Å²) < 4.78 is 11.6. The van der Waals surface area contributed by atoms with Gasteiger partial charge in [-0.25, -0.2) is 0 Å². The predicted molar refractivity (Wildman–Crippen MR) is 117 cm³/mol. The van der Waals surface area contributed by atoms with Crippen LogP contribution in [0.3, 0.4) is 0 Å². The highest BCUT2D eigenvalue weighted by Crippen LogP contribution is 2.42.